The number of hydrogen-bond donors (Lipinski definition) is 0. The third-order valence-corrected chi connectivity index (χ3v) is 2.87. The minimum atomic E-state index is -0.0562. The highest BCUT2D eigenvalue weighted by molar-refractivity contribution is 6.29. The highest BCUT2D eigenvalue weighted by Crippen LogP contribution is 2.11. The fraction of sp³-hybridized carbons (Fsp3) is 0.500. The van der Waals surface area contributed by atoms with Gasteiger partial charge in [0.15, 0.2) is 0 Å². The summed E-state index contributed by atoms with van der Waals surface area (Å²) in [5.41, 5.74) is 0.412. The molecule has 1 atom stereocenters. The Hall–Kier alpha value is -1.09. The molecule has 16 heavy (non-hydrogen) atoms. The molecule has 0 saturated carbocycles. The molecule has 1 rings (SSSR count). The Morgan fingerprint density at radius 2 is 2.19 bits per heavy atom. The molecule has 3 nitrogen and oxygen atoms in total. The maximum Gasteiger partial charge on any atom is 0.272 e. The molecule has 1 aromatic heterocycles. The quantitative estimate of drug-likeness (QED) is 0.758. The van der Waals surface area contributed by atoms with E-state index in [-0.39, 0.29) is 11.9 Å². The second kappa shape index (κ2) is 5.85. The Bertz CT molecular complexity index is 368. The van der Waals surface area contributed by atoms with Crippen LogP contribution >= 0.6 is 11.6 Å². The lowest BCUT2D eigenvalue weighted by Crippen LogP contribution is -2.38. The molecule has 0 fully saturated rings. The van der Waals surface area contributed by atoms with E-state index in [1.807, 2.05) is 13.8 Å². The van der Waals surface area contributed by atoms with Gasteiger partial charge in [0.25, 0.3) is 5.91 Å². The van der Waals surface area contributed by atoms with E-state index in [2.05, 4.69) is 11.9 Å². The first-order chi connectivity index (χ1) is 7.60. The van der Waals surface area contributed by atoms with Crippen molar-refractivity contribution in [3.8, 4) is 0 Å². The van der Waals surface area contributed by atoms with Crippen LogP contribution in [0, 0.1) is 0 Å². The van der Waals surface area contributed by atoms with Gasteiger partial charge >= 0.3 is 0 Å². The van der Waals surface area contributed by atoms with Crippen LogP contribution in [0.25, 0.3) is 0 Å². The fourth-order valence-corrected chi connectivity index (χ4v) is 1.71. The van der Waals surface area contributed by atoms with Crippen molar-refractivity contribution < 1.29 is 4.79 Å². The molecule has 0 bridgehead atoms. The normalized spacial score (nSPS) is 12.2. The minimum Gasteiger partial charge on any atom is -0.335 e. The largest absolute Gasteiger partial charge is 0.335 e. The molecule has 0 radical (unpaired) electrons. The number of nitrogens with zero attached hydrogens (tertiary/aromatic N) is 2. The Kier molecular flexibility index (Phi) is 4.74. The zero-order valence-electron chi connectivity index (χ0n) is 9.90. The highest BCUT2D eigenvalue weighted by Gasteiger charge is 2.19. The molecule has 88 valence electrons. The van der Waals surface area contributed by atoms with E-state index in [0.29, 0.717) is 17.4 Å². The Morgan fingerprint density at radius 3 is 2.69 bits per heavy atom. The second-order valence-corrected chi connectivity index (χ2v) is 4.08. The number of rotatable bonds is 4. The predicted octanol–water partition coefficient (Wildman–Crippen LogP) is 3.00. The van der Waals surface area contributed by atoms with Gasteiger partial charge in [-0.2, -0.15) is 0 Å². The number of carbonyl (C=O) groups excluding carboxylic acids is 1. The van der Waals surface area contributed by atoms with Gasteiger partial charge in [0.2, 0.25) is 0 Å². The molecule has 0 aliphatic heterocycles. The molecule has 1 unspecified atom stereocenters. The van der Waals surface area contributed by atoms with Gasteiger partial charge in [-0.1, -0.05) is 24.6 Å². The summed E-state index contributed by atoms with van der Waals surface area (Å²) in [5, 5.41) is 0.353. The average Bonchev–Trinajstić information content (AvgIpc) is 2.29. The van der Waals surface area contributed by atoms with Crippen LogP contribution in [0.15, 0.2) is 18.2 Å². The van der Waals surface area contributed by atoms with Crippen molar-refractivity contribution in [1.82, 2.24) is 9.88 Å². The maximum absolute atomic E-state index is 12.1. The molecule has 0 saturated heterocycles. The molecular formula is C12H17ClN2O. The van der Waals surface area contributed by atoms with Gasteiger partial charge in [-0.05, 0) is 32.4 Å². The Labute approximate surface area is 101 Å². The predicted molar refractivity (Wildman–Crippen MR) is 65.7 cm³/mol. The molecule has 0 aromatic carbocycles. The summed E-state index contributed by atoms with van der Waals surface area (Å²) in [6.45, 7) is 6.74. The van der Waals surface area contributed by atoms with Crippen LogP contribution in [-0.2, 0) is 0 Å². The lowest BCUT2D eigenvalue weighted by Gasteiger charge is -2.26. The topological polar surface area (TPSA) is 33.2 Å². The summed E-state index contributed by atoms with van der Waals surface area (Å²) in [4.78, 5) is 18.0. The molecule has 1 heterocycles. The summed E-state index contributed by atoms with van der Waals surface area (Å²) in [6, 6.07) is 5.32. The van der Waals surface area contributed by atoms with E-state index in [9.17, 15) is 4.79 Å². The smallest absolute Gasteiger partial charge is 0.272 e. The zero-order chi connectivity index (χ0) is 12.1. The molecule has 0 spiro atoms. The van der Waals surface area contributed by atoms with Crippen molar-refractivity contribution in [3.05, 3.63) is 29.0 Å². The lowest BCUT2D eigenvalue weighted by molar-refractivity contribution is 0.0694. The van der Waals surface area contributed by atoms with Crippen molar-refractivity contribution in [2.75, 3.05) is 6.54 Å². The van der Waals surface area contributed by atoms with Gasteiger partial charge in [-0.25, -0.2) is 4.98 Å². The molecule has 4 heteroatoms. The first-order valence-electron chi connectivity index (χ1n) is 5.53. The lowest BCUT2D eigenvalue weighted by atomic mass is 10.2. The number of hydrogen-bond acceptors (Lipinski definition) is 2. The van der Waals surface area contributed by atoms with E-state index in [1.54, 1.807) is 23.1 Å². The van der Waals surface area contributed by atoms with Gasteiger partial charge in [0, 0.05) is 12.6 Å². The Balaban J connectivity index is 2.91. The monoisotopic (exact) mass is 240 g/mol. The second-order valence-electron chi connectivity index (χ2n) is 3.69. The molecule has 1 amide bonds. The first-order valence-corrected chi connectivity index (χ1v) is 5.91. The molecular weight excluding hydrogens is 224 g/mol. The van der Waals surface area contributed by atoms with Crippen LogP contribution < -0.4 is 0 Å². The summed E-state index contributed by atoms with van der Waals surface area (Å²) in [6.07, 6.45) is 0.931. The van der Waals surface area contributed by atoms with E-state index in [4.69, 9.17) is 11.6 Å². The molecule has 1 aromatic rings. The number of pyridine rings is 1. The van der Waals surface area contributed by atoms with Crippen molar-refractivity contribution in [3.63, 3.8) is 0 Å². The van der Waals surface area contributed by atoms with Crippen molar-refractivity contribution >= 4 is 17.5 Å². The summed E-state index contributed by atoms with van der Waals surface area (Å²) in [5.74, 6) is -0.0562. The van der Waals surface area contributed by atoms with Crippen LogP contribution in [0.1, 0.15) is 37.7 Å². The third kappa shape index (κ3) is 2.95. The maximum atomic E-state index is 12.1. The minimum absolute atomic E-state index is 0.0562. The van der Waals surface area contributed by atoms with Gasteiger partial charge < -0.3 is 4.90 Å². The van der Waals surface area contributed by atoms with Crippen molar-refractivity contribution in [1.29, 1.82) is 0 Å². The SMILES string of the molecule is CCC(C)N(CC)C(=O)c1cccc(Cl)n1. The van der Waals surface area contributed by atoms with Gasteiger partial charge in [0.1, 0.15) is 10.8 Å². The number of amides is 1. The van der Waals surface area contributed by atoms with Gasteiger partial charge in [0.05, 0.1) is 0 Å². The molecule has 0 N–H and O–H groups in total. The Morgan fingerprint density at radius 1 is 1.50 bits per heavy atom. The fourth-order valence-electron chi connectivity index (χ4n) is 1.55. The van der Waals surface area contributed by atoms with E-state index in [0.717, 1.165) is 6.42 Å². The van der Waals surface area contributed by atoms with Gasteiger partial charge in [-0.3, -0.25) is 4.79 Å². The number of halogens is 1. The van der Waals surface area contributed by atoms with Crippen LogP contribution in [0.2, 0.25) is 5.15 Å². The van der Waals surface area contributed by atoms with Gasteiger partial charge in [-0.15, -0.1) is 0 Å². The molecule has 0 aliphatic carbocycles. The van der Waals surface area contributed by atoms with E-state index in [1.165, 1.54) is 0 Å². The average molecular weight is 241 g/mol. The summed E-state index contributed by atoms with van der Waals surface area (Å²) >= 11 is 5.77. The van der Waals surface area contributed by atoms with Crippen LogP contribution in [0.5, 0.6) is 0 Å². The summed E-state index contributed by atoms with van der Waals surface area (Å²) in [7, 11) is 0. The van der Waals surface area contributed by atoms with Crippen LogP contribution in [0.3, 0.4) is 0 Å². The summed E-state index contributed by atoms with van der Waals surface area (Å²) < 4.78 is 0. The number of carbonyl (C=O) groups is 1. The van der Waals surface area contributed by atoms with Crippen LogP contribution in [-0.4, -0.2) is 28.4 Å². The van der Waals surface area contributed by atoms with Crippen molar-refractivity contribution in [2.24, 2.45) is 0 Å². The standard InChI is InChI=1S/C12H17ClN2O/c1-4-9(3)15(5-2)12(16)10-7-6-8-11(13)14-10/h6-9H,4-5H2,1-3H3. The molecule has 0 aliphatic rings. The van der Waals surface area contributed by atoms with Crippen molar-refractivity contribution in [2.45, 2.75) is 33.2 Å². The van der Waals surface area contributed by atoms with Crippen LogP contribution in [0.4, 0.5) is 0 Å². The number of aromatic nitrogens is 1. The van der Waals surface area contributed by atoms with E-state index < -0.39 is 0 Å². The third-order valence-electron chi connectivity index (χ3n) is 2.66. The zero-order valence-corrected chi connectivity index (χ0v) is 10.7. The first kappa shape index (κ1) is 13.0. The highest BCUT2D eigenvalue weighted by atomic mass is 35.5. The van der Waals surface area contributed by atoms with E-state index >= 15 is 0 Å².